The van der Waals surface area contributed by atoms with Crippen LogP contribution in [0, 0.1) is 29.5 Å². The number of aryl methyl sites for hydroxylation is 1. The predicted octanol–water partition coefficient (Wildman–Crippen LogP) is 7.72. The molecule has 1 heterocycles. The molecule has 41 heavy (non-hydrogen) atoms. The standard InChI is InChI=1S/C35H40F2N4/c1-24-7-4-5-10-32(24)41(23-34-20-35(37,21-34)22-34)25(2)27-13-15-40(16-14-27)19-26-11-12-30(31(17-26)39-3)33(38)28-8-6-9-29(36)18-28/h4-12,17-18,27,38-39H,2,13-16,19-23H2,1,3H3. The van der Waals surface area contributed by atoms with Crippen molar-refractivity contribution in [2.75, 3.05) is 36.9 Å². The molecule has 0 aromatic heterocycles. The van der Waals surface area contributed by atoms with Crippen molar-refractivity contribution in [2.24, 2.45) is 11.3 Å². The molecule has 4 fully saturated rings. The number of anilines is 2. The molecule has 0 spiro atoms. The second-order valence-corrected chi connectivity index (χ2v) is 12.6. The molecular formula is C35H40F2N4. The van der Waals surface area contributed by atoms with Crippen molar-refractivity contribution in [3.8, 4) is 0 Å². The van der Waals surface area contributed by atoms with E-state index in [4.69, 9.17) is 5.41 Å². The molecule has 3 aromatic carbocycles. The molecule has 1 saturated heterocycles. The summed E-state index contributed by atoms with van der Waals surface area (Å²) < 4.78 is 28.1. The molecule has 2 N–H and O–H groups in total. The maximum Gasteiger partial charge on any atom is 0.123 e. The van der Waals surface area contributed by atoms with Gasteiger partial charge in [-0.05, 0) is 92.9 Å². The lowest BCUT2D eigenvalue weighted by Crippen LogP contribution is -2.68. The smallest absolute Gasteiger partial charge is 0.123 e. The highest BCUT2D eigenvalue weighted by Crippen LogP contribution is 2.70. The van der Waals surface area contributed by atoms with Crippen LogP contribution in [0.5, 0.6) is 0 Å². The summed E-state index contributed by atoms with van der Waals surface area (Å²) in [6, 6.07) is 20.9. The zero-order valence-electron chi connectivity index (χ0n) is 24.1. The molecule has 0 atom stereocenters. The Hall–Kier alpha value is -3.51. The van der Waals surface area contributed by atoms with Gasteiger partial charge in [-0.3, -0.25) is 10.3 Å². The van der Waals surface area contributed by atoms with Gasteiger partial charge in [-0.1, -0.05) is 49.0 Å². The molecule has 0 radical (unpaired) electrons. The lowest BCUT2D eigenvalue weighted by Gasteiger charge is -2.67. The Morgan fingerprint density at radius 3 is 2.44 bits per heavy atom. The molecule has 7 rings (SSSR count). The van der Waals surface area contributed by atoms with E-state index in [0.717, 1.165) is 50.3 Å². The zero-order chi connectivity index (χ0) is 28.8. The lowest BCUT2D eigenvalue weighted by molar-refractivity contribution is -0.206. The van der Waals surface area contributed by atoms with E-state index in [1.54, 1.807) is 12.1 Å². The second-order valence-electron chi connectivity index (χ2n) is 12.6. The van der Waals surface area contributed by atoms with Crippen LogP contribution in [0.4, 0.5) is 20.2 Å². The van der Waals surface area contributed by atoms with Crippen LogP contribution in [0.3, 0.4) is 0 Å². The van der Waals surface area contributed by atoms with Gasteiger partial charge in [0, 0.05) is 54.3 Å². The van der Waals surface area contributed by atoms with Crippen LogP contribution in [0.15, 0.2) is 79.0 Å². The van der Waals surface area contributed by atoms with Gasteiger partial charge in [0.25, 0.3) is 0 Å². The van der Waals surface area contributed by atoms with Crippen LogP contribution < -0.4 is 10.2 Å². The minimum Gasteiger partial charge on any atom is -0.388 e. The predicted molar refractivity (Wildman–Crippen MR) is 164 cm³/mol. The number of alkyl halides is 1. The van der Waals surface area contributed by atoms with E-state index in [1.165, 1.54) is 34.6 Å². The number of halogens is 2. The molecule has 2 bridgehead atoms. The van der Waals surface area contributed by atoms with Crippen molar-refractivity contribution >= 4 is 17.1 Å². The van der Waals surface area contributed by atoms with E-state index in [1.807, 2.05) is 13.1 Å². The Labute approximate surface area is 242 Å². The average molecular weight is 555 g/mol. The van der Waals surface area contributed by atoms with Gasteiger partial charge in [0.2, 0.25) is 0 Å². The molecule has 0 unspecified atom stereocenters. The summed E-state index contributed by atoms with van der Waals surface area (Å²) in [6.07, 6.45) is 4.18. The van der Waals surface area contributed by atoms with Crippen molar-refractivity contribution in [1.29, 1.82) is 5.41 Å². The van der Waals surface area contributed by atoms with Crippen LogP contribution in [-0.2, 0) is 6.54 Å². The summed E-state index contributed by atoms with van der Waals surface area (Å²) in [5, 5.41) is 11.9. The van der Waals surface area contributed by atoms with E-state index in [2.05, 4.69) is 65.0 Å². The average Bonchev–Trinajstić information content (AvgIpc) is 2.94. The molecule has 0 amide bonds. The van der Waals surface area contributed by atoms with Crippen LogP contribution >= 0.6 is 0 Å². The van der Waals surface area contributed by atoms with Gasteiger partial charge < -0.3 is 10.2 Å². The van der Waals surface area contributed by atoms with Gasteiger partial charge in [0.1, 0.15) is 11.5 Å². The summed E-state index contributed by atoms with van der Waals surface area (Å²) >= 11 is 0. The molecule has 3 aliphatic carbocycles. The third-order valence-electron chi connectivity index (χ3n) is 9.52. The van der Waals surface area contributed by atoms with Gasteiger partial charge in [-0.25, -0.2) is 8.78 Å². The Balaban J connectivity index is 1.10. The summed E-state index contributed by atoms with van der Waals surface area (Å²) in [5.41, 5.74) is 6.53. The molecule has 1 aliphatic heterocycles. The first kappa shape index (κ1) is 27.6. The van der Waals surface area contributed by atoms with Crippen molar-refractivity contribution < 1.29 is 8.78 Å². The summed E-state index contributed by atoms with van der Waals surface area (Å²) in [6.45, 7) is 10.5. The quantitative estimate of drug-likeness (QED) is 0.252. The fourth-order valence-electron chi connectivity index (χ4n) is 7.39. The van der Waals surface area contributed by atoms with Gasteiger partial charge in [-0.15, -0.1) is 0 Å². The largest absolute Gasteiger partial charge is 0.388 e. The topological polar surface area (TPSA) is 42.4 Å². The van der Waals surface area contributed by atoms with E-state index in [9.17, 15) is 8.78 Å². The minimum atomic E-state index is -0.894. The van der Waals surface area contributed by atoms with Crippen LogP contribution in [0.1, 0.15) is 54.4 Å². The van der Waals surface area contributed by atoms with E-state index in [0.29, 0.717) is 36.5 Å². The number of hydrogen-bond donors (Lipinski definition) is 2. The summed E-state index contributed by atoms with van der Waals surface area (Å²) in [5.74, 6) is 0.0649. The highest BCUT2D eigenvalue weighted by atomic mass is 19.1. The molecular weight excluding hydrogens is 514 g/mol. The van der Waals surface area contributed by atoms with Gasteiger partial charge in [0.05, 0.1) is 5.71 Å². The fourth-order valence-corrected chi connectivity index (χ4v) is 7.39. The summed E-state index contributed by atoms with van der Waals surface area (Å²) in [7, 11) is 1.86. The van der Waals surface area contributed by atoms with Gasteiger partial charge in [-0.2, -0.15) is 0 Å². The first-order valence-electron chi connectivity index (χ1n) is 14.8. The number of hydrogen-bond acceptors (Lipinski definition) is 4. The number of benzene rings is 3. The number of nitrogens with zero attached hydrogens (tertiary/aromatic N) is 2. The Bertz CT molecular complexity index is 1450. The molecule has 6 heteroatoms. The number of piperidine rings is 1. The van der Waals surface area contributed by atoms with E-state index >= 15 is 0 Å². The number of para-hydroxylation sites is 1. The monoisotopic (exact) mass is 554 g/mol. The summed E-state index contributed by atoms with van der Waals surface area (Å²) in [4.78, 5) is 4.90. The van der Waals surface area contributed by atoms with Crippen molar-refractivity contribution in [1.82, 2.24) is 4.90 Å². The van der Waals surface area contributed by atoms with E-state index < -0.39 is 5.67 Å². The normalized spacial score (nSPS) is 23.8. The third-order valence-corrected chi connectivity index (χ3v) is 9.52. The number of nitrogens with one attached hydrogen (secondary N) is 2. The first-order chi connectivity index (χ1) is 19.7. The molecule has 214 valence electrons. The third kappa shape index (κ3) is 5.42. The van der Waals surface area contributed by atoms with Gasteiger partial charge >= 0.3 is 0 Å². The number of allylic oxidation sites excluding steroid dienone is 1. The highest BCUT2D eigenvalue weighted by molar-refractivity contribution is 6.14. The second kappa shape index (κ2) is 10.7. The fraction of sp³-hybridized carbons (Fsp3) is 0.400. The SMILES string of the molecule is C=C(C1CCN(Cc2ccc(C(=N)c3cccc(F)c3)c(NC)c2)CC1)N(CC12CC(F)(C1)C2)c1ccccc1C. The van der Waals surface area contributed by atoms with Crippen molar-refractivity contribution in [3.63, 3.8) is 0 Å². The Morgan fingerprint density at radius 2 is 1.78 bits per heavy atom. The zero-order valence-corrected chi connectivity index (χ0v) is 24.1. The van der Waals surface area contributed by atoms with Crippen molar-refractivity contribution in [2.45, 2.75) is 51.2 Å². The molecule has 3 aromatic rings. The van der Waals surface area contributed by atoms with Gasteiger partial charge in [0.15, 0.2) is 0 Å². The molecule has 4 aliphatic rings. The number of rotatable bonds is 10. The highest BCUT2D eigenvalue weighted by Gasteiger charge is 2.69. The maximum absolute atomic E-state index is 14.4. The maximum atomic E-state index is 14.4. The van der Waals surface area contributed by atoms with Crippen molar-refractivity contribution in [3.05, 3.63) is 107 Å². The first-order valence-corrected chi connectivity index (χ1v) is 14.8. The number of likely N-dealkylation sites (tertiary alicyclic amines) is 1. The van der Waals surface area contributed by atoms with E-state index in [-0.39, 0.29) is 11.2 Å². The Morgan fingerprint density at radius 1 is 1.05 bits per heavy atom. The van der Waals surface area contributed by atoms with Crippen LogP contribution in [0.25, 0.3) is 0 Å². The minimum absolute atomic E-state index is 0.114. The van der Waals surface area contributed by atoms with Crippen LogP contribution in [-0.4, -0.2) is 43.0 Å². The molecule has 3 saturated carbocycles. The van der Waals surface area contributed by atoms with Crippen LogP contribution in [0.2, 0.25) is 0 Å². The lowest BCUT2D eigenvalue weighted by atomic mass is 9.42. The Kier molecular flexibility index (Phi) is 7.23. The molecule has 4 nitrogen and oxygen atoms in total.